The first-order valence-electron chi connectivity index (χ1n) is 9.23. The molecule has 1 heterocycles. The van der Waals surface area contributed by atoms with E-state index in [-0.39, 0.29) is 17.4 Å². The van der Waals surface area contributed by atoms with Crippen molar-refractivity contribution in [2.45, 2.75) is 13.3 Å². The first-order valence-corrected chi connectivity index (χ1v) is 10.5. The summed E-state index contributed by atoms with van der Waals surface area (Å²) >= 11 is 6.63. The van der Waals surface area contributed by atoms with E-state index < -0.39 is 22.4 Å². The van der Waals surface area contributed by atoms with E-state index in [1.165, 1.54) is 17.4 Å². The zero-order chi connectivity index (χ0) is 22.4. The summed E-state index contributed by atoms with van der Waals surface area (Å²) in [6, 6.07) is 14.9. The van der Waals surface area contributed by atoms with Crippen molar-refractivity contribution in [1.82, 2.24) is 0 Å². The lowest BCUT2D eigenvalue weighted by molar-refractivity contribution is -0.387. The van der Waals surface area contributed by atoms with Gasteiger partial charge in [-0.2, -0.15) is 4.39 Å². The van der Waals surface area contributed by atoms with Gasteiger partial charge in [0, 0.05) is 23.1 Å². The molecule has 1 aromatic heterocycles. The lowest BCUT2D eigenvalue weighted by Crippen LogP contribution is -2.20. The second-order valence-electron chi connectivity index (χ2n) is 6.34. The summed E-state index contributed by atoms with van der Waals surface area (Å²) < 4.78 is 18.7. The molecule has 0 amide bonds. The Morgan fingerprint density at radius 3 is 2.61 bits per heavy atom. The number of halogens is 1. The van der Waals surface area contributed by atoms with Gasteiger partial charge in [-0.3, -0.25) is 10.1 Å². The second kappa shape index (κ2) is 10.1. The molecule has 2 aromatic carbocycles. The van der Waals surface area contributed by atoms with Gasteiger partial charge in [-0.05, 0) is 42.9 Å². The molecule has 160 valence electrons. The molecule has 3 rings (SSSR count). The predicted molar refractivity (Wildman–Crippen MR) is 122 cm³/mol. The summed E-state index contributed by atoms with van der Waals surface area (Å²) in [5.41, 5.74) is 1.00. The van der Waals surface area contributed by atoms with Gasteiger partial charge in [0.05, 0.1) is 17.1 Å². The molecular weight excluding hydrogens is 441 g/mol. The Morgan fingerprint density at radius 1 is 1.19 bits per heavy atom. The molecule has 0 radical (unpaired) electrons. The normalized spacial score (nSPS) is 10.4. The lowest BCUT2D eigenvalue weighted by atomic mass is 10.1. The number of thiophene rings is 1. The molecule has 0 aliphatic carbocycles. The Labute approximate surface area is 187 Å². The number of carbonyl (C=O) groups is 1. The van der Waals surface area contributed by atoms with E-state index in [0.29, 0.717) is 17.0 Å². The number of esters is 1. The van der Waals surface area contributed by atoms with Gasteiger partial charge in [-0.15, -0.1) is 11.3 Å². The van der Waals surface area contributed by atoms with E-state index in [1.54, 1.807) is 13.0 Å². The van der Waals surface area contributed by atoms with Crippen molar-refractivity contribution >= 4 is 51.0 Å². The lowest BCUT2D eigenvalue weighted by Gasteiger charge is -2.10. The maximum atomic E-state index is 13.5. The third-order valence-electron chi connectivity index (χ3n) is 4.13. The smallest absolute Gasteiger partial charge is 0.341 e. The molecule has 0 saturated carbocycles. The number of thiocarbonyl (C=S) groups is 1. The van der Waals surface area contributed by atoms with Crippen molar-refractivity contribution in [3.05, 3.63) is 86.5 Å². The highest BCUT2D eigenvalue weighted by molar-refractivity contribution is 7.80. The average Bonchev–Trinajstić information content (AvgIpc) is 3.12. The fourth-order valence-electron chi connectivity index (χ4n) is 2.78. The Kier molecular flexibility index (Phi) is 7.27. The van der Waals surface area contributed by atoms with Gasteiger partial charge < -0.3 is 15.4 Å². The maximum Gasteiger partial charge on any atom is 0.341 e. The Morgan fingerprint density at radius 2 is 1.94 bits per heavy atom. The Hall–Kier alpha value is -3.37. The molecule has 3 aromatic rings. The summed E-state index contributed by atoms with van der Waals surface area (Å²) in [5.74, 6) is -1.43. The molecule has 0 unspecified atom stereocenters. The van der Waals surface area contributed by atoms with Crippen molar-refractivity contribution < 1.29 is 18.8 Å². The van der Waals surface area contributed by atoms with E-state index in [1.807, 2.05) is 30.3 Å². The summed E-state index contributed by atoms with van der Waals surface area (Å²) in [7, 11) is 0. The van der Waals surface area contributed by atoms with Crippen LogP contribution in [0, 0.1) is 15.9 Å². The standard InChI is InChI=1S/C21H18FN3O4S2/c1-2-29-20(26)16-12-15(10-13-6-4-3-5-7-13)31-19(16)24-21(30)23-14-8-9-17(22)18(11-14)25(27)28/h3-9,11-12H,2,10H2,1H3,(H2,23,24,30). The van der Waals surface area contributed by atoms with Crippen LogP contribution in [0.2, 0.25) is 0 Å². The van der Waals surface area contributed by atoms with Gasteiger partial charge >= 0.3 is 11.7 Å². The number of nitro groups is 1. The van der Waals surface area contributed by atoms with E-state index in [0.717, 1.165) is 22.6 Å². The fraction of sp³-hybridized carbons (Fsp3) is 0.143. The number of hydrogen-bond donors (Lipinski definition) is 2. The average molecular weight is 460 g/mol. The molecule has 0 fully saturated rings. The zero-order valence-corrected chi connectivity index (χ0v) is 18.0. The first kappa shape index (κ1) is 22.3. The van der Waals surface area contributed by atoms with Crippen LogP contribution in [0.15, 0.2) is 54.6 Å². The molecule has 0 saturated heterocycles. The van der Waals surface area contributed by atoms with Gasteiger partial charge in [0.1, 0.15) is 5.00 Å². The number of hydrogen-bond acceptors (Lipinski definition) is 6. The van der Waals surface area contributed by atoms with Crippen LogP contribution in [-0.2, 0) is 11.2 Å². The Bertz CT molecular complexity index is 1120. The fourth-order valence-corrected chi connectivity index (χ4v) is 4.14. The van der Waals surface area contributed by atoms with Crippen LogP contribution in [0.25, 0.3) is 0 Å². The van der Waals surface area contributed by atoms with Gasteiger partial charge in [-0.1, -0.05) is 30.3 Å². The van der Waals surface area contributed by atoms with Crippen LogP contribution >= 0.6 is 23.6 Å². The highest BCUT2D eigenvalue weighted by atomic mass is 32.1. The van der Waals surface area contributed by atoms with Gasteiger partial charge in [0.25, 0.3) is 0 Å². The highest BCUT2D eigenvalue weighted by Crippen LogP contribution is 2.31. The van der Waals surface area contributed by atoms with Crippen LogP contribution in [0.3, 0.4) is 0 Å². The van der Waals surface area contributed by atoms with Crippen LogP contribution in [0.1, 0.15) is 27.7 Å². The van der Waals surface area contributed by atoms with Crippen molar-refractivity contribution in [3.63, 3.8) is 0 Å². The van der Waals surface area contributed by atoms with Gasteiger partial charge in [0.2, 0.25) is 5.82 Å². The van der Waals surface area contributed by atoms with Crippen LogP contribution < -0.4 is 10.6 Å². The predicted octanol–water partition coefficient (Wildman–Crippen LogP) is 5.37. The van der Waals surface area contributed by atoms with Crippen LogP contribution in [-0.4, -0.2) is 22.6 Å². The second-order valence-corrected chi connectivity index (χ2v) is 7.89. The largest absolute Gasteiger partial charge is 0.462 e. The monoisotopic (exact) mass is 459 g/mol. The molecule has 0 spiro atoms. The zero-order valence-electron chi connectivity index (χ0n) is 16.4. The van der Waals surface area contributed by atoms with Gasteiger partial charge in [-0.25, -0.2) is 4.79 Å². The number of nitrogens with zero attached hydrogens (tertiary/aromatic N) is 1. The van der Waals surface area contributed by atoms with Crippen molar-refractivity contribution in [3.8, 4) is 0 Å². The minimum atomic E-state index is -0.942. The van der Waals surface area contributed by atoms with Gasteiger partial charge in [0.15, 0.2) is 5.11 Å². The van der Waals surface area contributed by atoms with Crippen LogP contribution in [0.4, 0.5) is 20.8 Å². The van der Waals surface area contributed by atoms with Crippen molar-refractivity contribution in [2.75, 3.05) is 17.2 Å². The number of carbonyl (C=O) groups excluding carboxylic acids is 1. The molecule has 0 aliphatic rings. The third-order valence-corrected chi connectivity index (χ3v) is 5.38. The van der Waals surface area contributed by atoms with Crippen molar-refractivity contribution in [1.29, 1.82) is 0 Å². The number of nitro benzene ring substituents is 1. The SMILES string of the molecule is CCOC(=O)c1cc(Cc2ccccc2)sc1NC(=S)Nc1ccc(F)c([N+](=O)[O-])c1. The Balaban J connectivity index is 1.80. The summed E-state index contributed by atoms with van der Waals surface area (Å²) in [5, 5.41) is 17.2. The number of rotatable bonds is 7. The van der Waals surface area contributed by atoms with E-state index >= 15 is 0 Å². The minimum absolute atomic E-state index is 0.0968. The highest BCUT2D eigenvalue weighted by Gasteiger charge is 2.19. The quantitative estimate of drug-likeness (QED) is 0.212. The molecule has 0 aliphatic heterocycles. The molecule has 2 N–H and O–H groups in total. The first-order chi connectivity index (χ1) is 14.9. The van der Waals surface area contributed by atoms with E-state index in [9.17, 15) is 19.3 Å². The molecule has 7 nitrogen and oxygen atoms in total. The number of anilines is 2. The molecule has 0 atom stereocenters. The number of nitrogens with one attached hydrogen (secondary N) is 2. The molecule has 0 bridgehead atoms. The minimum Gasteiger partial charge on any atom is -0.462 e. The molecule has 31 heavy (non-hydrogen) atoms. The summed E-state index contributed by atoms with van der Waals surface area (Å²) in [4.78, 5) is 23.4. The summed E-state index contributed by atoms with van der Waals surface area (Å²) in [6.45, 7) is 1.94. The number of ether oxygens (including phenoxy) is 1. The molecular formula is C21H18FN3O4S2. The molecule has 10 heteroatoms. The maximum absolute atomic E-state index is 13.5. The third kappa shape index (κ3) is 5.83. The summed E-state index contributed by atoms with van der Waals surface area (Å²) in [6.07, 6.45) is 0.629. The number of benzene rings is 2. The van der Waals surface area contributed by atoms with Crippen molar-refractivity contribution in [2.24, 2.45) is 0 Å². The topological polar surface area (TPSA) is 93.5 Å². The van der Waals surface area contributed by atoms with E-state index in [4.69, 9.17) is 17.0 Å². The van der Waals surface area contributed by atoms with Crippen LogP contribution in [0.5, 0.6) is 0 Å². The van der Waals surface area contributed by atoms with E-state index in [2.05, 4.69) is 10.6 Å².